The number of nitrogens with zero attached hydrogens (tertiary/aromatic N) is 2. The van der Waals surface area contributed by atoms with Crippen LogP contribution in [0.25, 0.3) is 0 Å². The summed E-state index contributed by atoms with van der Waals surface area (Å²) in [7, 11) is 0. The molecule has 0 radical (unpaired) electrons. The van der Waals surface area contributed by atoms with E-state index in [1.807, 2.05) is 23.5 Å². The largest absolute Gasteiger partial charge is 0.175 e. The molecule has 1 aromatic heterocycles. The first-order valence-electron chi connectivity index (χ1n) is 10.5. The van der Waals surface area contributed by atoms with Crippen molar-refractivity contribution in [1.82, 2.24) is 10.2 Å². The first-order chi connectivity index (χ1) is 12.4. The molecule has 0 saturated heterocycles. The van der Waals surface area contributed by atoms with E-state index >= 15 is 0 Å². The van der Waals surface area contributed by atoms with Crippen LogP contribution in [0.15, 0.2) is 8.68 Å². The summed E-state index contributed by atoms with van der Waals surface area (Å²) < 4.78 is 2.32. The van der Waals surface area contributed by atoms with E-state index in [1.54, 1.807) is 11.3 Å². The highest BCUT2D eigenvalue weighted by atomic mass is 32.2. The van der Waals surface area contributed by atoms with Gasteiger partial charge in [-0.2, -0.15) is 0 Å². The molecule has 2 nitrogen and oxygen atoms in total. The van der Waals surface area contributed by atoms with Gasteiger partial charge in [0.25, 0.3) is 0 Å². The van der Waals surface area contributed by atoms with Gasteiger partial charge in [-0.3, -0.25) is 0 Å². The van der Waals surface area contributed by atoms with E-state index < -0.39 is 0 Å². The summed E-state index contributed by atoms with van der Waals surface area (Å²) in [5.41, 5.74) is 0. The van der Waals surface area contributed by atoms with Crippen LogP contribution in [0.2, 0.25) is 0 Å². The lowest BCUT2D eigenvalue weighted by Gasteiger charge is -2.00. The summed E-state index contributed by atoms with van der Waals surface area (Å²) in [5.74, 6) is 2.40. The molecule has 0 bridgehead atoms. The summed E-state index contributed by atoms with van der Waals surface area (Å²) in [6.07, 6.45) is 19.3. The Morgan fingerprint density at radius 1 is 0.560 bits per heavy atom. The average molecular weight is 403 g/mol. The number of hydrogen-bond donors (Lipinski definition) is 0. The Morgan fingerprint density at radius 2 is 0.920 bits per heavy atom. The molecule has 0 N–H and O–H groups in total. The van der Waals surface area contributed by atoms with Crippen molar-refractivity contribution in [3.05, 3.63) is 0 Å². The summed E-state index contributed by atoms with van der Waals surface area (Å²) in [6.45, 7) is 4.56. The first-order valence-corrected chi connectivity index (χ1v) is 13.2. The maximum Gasteiger partial charge on any atom is 0.175 e. The molecule has 0 fully saturated rings. The molecule has 146 valence electrons. The lowest BCUT2D eigenvalue weighted by Crippen LogP contribution is -1.83. The molecule has 25 heavy (non-hydrogen) atoms. The highest BCUT2D eigenvalue weighted by molar-refractivity contribution is 8.03. The molecular formula is C20H38N2S3. The van der Waals surface area contributed by atoms with Crippen molar-refractivity contribution in [2.75, 3.05) is 11.5 Å². The smallest absolute Gasteiger partial charge is 0.131 e. The molecule has 0 aliphatic heterocycles. The van der Waals surface area contributed by atoms with Crippen molar-refractivity contribution >= 4 is 34.9 Å². The van der Waals surface area contributed by atoms with E-state index in [0.717, 1.165) is 8.68 Å². The molecule has 0 saturated carbocycles. The molecule has 5 heteroatoms. The fourth-order valence-corrected chi connectivity index (χ4v) is 5.91. The molecule has 0 unspecified atom stereocenters. The third-order valence-electron chi connectivity index (χ3n) is 4.33. The van der Waals surface area contributed by atoms with Crippen LogP contribution >= 0.6 is 34.9 Å². The molecule has 0 aliphatic rings. The van der Waals surface area contributed by atoms with Crippen molar-refractivity contribution in [3.63, 3.8) is 0 Å². The highest BCUT2D eigenvalue weighted by Crippen LogP contribution is 2.30. The van der Waals surface area contributed by atoms with Gasteiger partial charge >= 0.3 is 0 Å². The summed E-state index contributed by atoms with van der Waals surface area (Å²) in [4.78, 5) is 0. The summed E-state index contributed by atoms with van der Waals surface area (Å²) >= 11 is 5.58. The highest BCUT2D eigenvalue weighted by Gasteiger charge is 2.05. The third kappa shape index (κ3) is 14.0. The Kier molecular flexibility index (Phi) is 16.5. The van der Waals surface area contributed by atoms with Crippen LogP contribution in [0, 0.1) is 0 Å². The minimum absolute atomic E-state index is 1.16. The van der Waals surface area contributed by atoms with Crippen LogP contribution in [0.3, 0.4) is 0 Å². The minimum Gasteiger partial charge on any atom is -0.131 e. The van der Waals surface area contributed by atoms with E-state index in [1.165, 1.54) is 101 Å². The Morgan fingerprint density at radius 3 is 1.32 bits per heavy atom. The number of aromatic nitrogens is 2. The first kappa shape index (κ1) is 23.3. The Bertz CT molecular complexity index is 362. The Hall–Kier alpha value is 0.260. The van der Waals surface area contributed by atoms with E-state index in [-0.39, 0.29) is 0 Å². The van der Waals surface area contributed by atoms with Crippen molar-refractivity contribution in [3.8, 4) is 0 Å². The molecule has 0 aliphatic carbocycles. The second-order valence-electron chi connectivity index (χ2n) is 6.77. The van der Waals surface area contributed by atoms with Gasteiger partial charge in [-0.05, 0) is 12.8 Å². The SMILES string of the molecule is CCCCCCCCCSc1nnc(SCCCCCCCCC)s1. The Labute approximate surface area is 168 Å². The van der Waals surface area contributed by atoms with Crippen LogP contribution < -0.4 is 0 Å². The van der Waals surface area contributed by atoms with E-state index in [0.29, 0.717) is 0 Å². The van der Waals surface area contributed by atoms with Crippen molar-refractivity contribution in [1.29, 1.82) is 0 Å². The second-order valence-corrected chi connectivity index (χ2v) is 10.4. The van der Waals surface area contributed by atoms with Crippen LogP contribution in [0.1, 0.15) is 104 Å². The van der Waals surface area contributed by atoms with Gasteiger partial charge in [-0.15, -0.1) is 10.2 Å². The van der Waals surface area contributed by atoms with Crippen molar-refractivity contribution in [2.45, 2.75) is 112 Å². The van der Waals surface area contributed by atoms with Gasteiger partial charge in [0.1, 0.15) is 0 Å². The molecule has 1 rings (SSSR count). The van der Waals surface area contributed by atoms with Gasteiger partial charge in [0.15, 0.2) is 8.68 Å². The van der Waals surface area contributed by atoms with Crippen molar-refractivity contribution in [2.24, 2.45) is 0 Å². The topological polar surface area (TPSA) is 25.8 Å². The number of unbranched alkanes of at least 4 members (excludes halogenated alkanes) is 12. The summed E-state index contributed by atoms with van der Waals surface area (Å²) in [6, 6.07) is 0. The predicted molar refractivity (Wildman–Crippen MR) is 117 cm³/mol. The quantitative estimate of drug-likeness (QED) is 0.182. The number of thioether (sulfide) groups is 2. The van der Waals surface area contributed by atoms with Gasteiger partial charge in [0, 0.05) is 11.5 Å². The second kappa shape index (κ2) is 17.7. The minimum atomic E-state index is 1.16. The molecule has 1 heterocycles. The zero-order valence-corrected chi connectivity index (χ0v) is 18.9. The maximum absolute atomic E-state index is 4.33. The molecule has 1 aromatic rings. The lowest BCUT2D eigenvalue weighted by atomic mass is 10.1. The van der Waals surface area contributed by atoms with Crippen molar-refractivity contribution < 1.29 is 0 Å². The van der Waals surface area contributed by atoms with Crippen LogP contribution in [0.4, 0.5) is 0 Å². The molecular weight excluding hydrogens is 364 g/mol. The third-order valence-corrected chi connectivity index (χ3v) is 7.70. The molecule has 0 atom stereocenters. The molecule has 0 amide bonds. The lowest BCUT2D eigenvalue weighted by molar-refractivity contribution is 0.603. The van der Waals surface area contributed by atoms with Gasteiger partial charge in [0.05, 0.1) is 0 Å². The monoisotopic (exact) mass is 402 g/mol. The predicted octanol–water partition coefficient (Wildman–Crippen LogP) is 8.22. The zero-order valence-electron chi connectivity index (χ0n) is 16.4. The van der Waals surface area contributed by atoms with Crippen LogP contribution in [-0.4, -0.2) is 21.7 Å². The Balaban J connectivity index is 1.93. The van der Waals surface area contributed by atoms with Gasteiger partial charge in [-0.1, -0.05) is 126 Å². The summed E-state index contributed by atoms with van der Waals surface area (Å²) in [5, 5.41) is 8.67. The van der Waals surface area contributed by atoms with E-state index in [4.69, 9.17) is 0 Å². The molecule has 0 spiro atoms. The average Bonchev–Trinajstić information content (AvgIpc) is 3.07. The number of rotatable bonds is 18. The number of hydrogen-bond acceptors (Lipinski definition) is 5. The normalized spacial score (nSPS) is 11.3. The standard InChI is InChI=1S/C20H38N2S3/c1-3-5-7-9-11-13-15-17-23-19-21-22-20(25-19)24-18-16-14-12-10-8-6-4-2/h3-18H2,1-2H3. The van der Waals surface area contributed by atoms with Crippen LogP contribution in [-0.2, 0) is 0 Å². The van der Waals surface area contributed by atoms with Gasteiger partial charge in [0.2, 0.25) is 0 Å². The van der Waals surface area contributed by atoms with E-state index in [9.17, 15) is 0 Å². The van der Waals surface area contributed by atoms with E-state index in [2.05, 4.69) is 24.0 Å². The zero-order chi connectivity index (χ0) is 18.0. The molecule has 0 aromatic carbocycles. The van der Waals surface area contributed by atoms with Crippen LogP contribution in [0.5, 0.6) is 0 Å². The van der Waals surface area contributed by atoms with Gasteiger partial charge in [-0.25, -0.2) is 0 Å². The maximum atomic E-state index is 4.33. The fourth-order valence-electron chi connectivity index (χ4n) is 2.75. The fraction of sp³-hybridized carbons (Fsp3) is 0.900. The van der Waals surface area contributed by atoms with Gasteiger partial charge < -0.3 is 0 Å².